The first-order valence-corrected chi connectivity index (χ1v) is 10.4. The van der Waals surface area contributed by atoms with Crippen LogP contribution in [0.4, 0.5) is 5.69 Å². The fraction of sp³-hybridized carbons (Fsp3) is 0.304. The molecule has 4 rings (SSSR count). The Morgan fingerprint density at radius 2 is 1.79 bits per heavy atom. The van der Waals surface area contributed by atoms with Crippen molar-refractivity contribution in [2.75, 3.05) is 4.90 Å². The number of aryl methyl sites for hydroxylation is 1. The van der Waals surface area contributed by atoms with Crippen LogP contribution < -0.4 is 4.90 Å². The van der Waals surface area contributed by atoms with E-state index in [1.54, 1.807) is 23.1 Å². The zero-order valence-corrected chi connectivity index (χ0v) is 17.2. The standard InChI is InChI=1S/C23H21Cl2NO2/c1-2-14-6-8-15(9-7-14)17-13-22(28)26(19-11-10-16(24)12-18(19)25)20-4-3-5-21(27)23(17)20/h6-12,17H,2-5,13H2,1H3. The van der Waals surface area contributed by atoms with Gasteiger partial charge in [0.1, 0.15) is 0 Å². The number of hydrogen-bond donors (Lipinski definition) is 0. The van der Waals surface area contributed by atoms with Gasteiger partial charge in [-0.3, -0.25) is 14.5 Å². The number of nitrogens with zero attached hydrogens (tertiary/aromatic N) is 1. The van der Waals surface area contributed by atoms with Crippen LogP contribution in [0, 0.1) is 0 Å². The van der Waals surface area contributed by atoms with Crippen molar-refractivity contribution in [2.24, 2.45) is 0 Å². The van der Waals surface area contributed by atoms with Crippen LogP contribution in [-0.2, 0) is 16.0 Å². The Morgan fingerprint density at radius 3 is 2.46 bits per heavy atom. The number of hydrogen-bond acceptors (Lipinski definition) is 2. The number of Topliss-reactive ketones (excluding diaryl/α,β-unsaturated/α-hetero) is 1. The first-order valence-electron chi connectivity index (χ1n) is 9.62. The zero-order valence-electron chi connectivity index (χ0n) is 15.7. The fourth-order valence-electron chi connectivity index (χ4n) is 4.21. The van der Waals surface area contributed by atoms with Crippen molar-refractivity contribution >= 4 is 40.6 Å². The molecule has 1 amide bonds. The van der Waals surface area contributed by atoms with Crippen LogP contribution >= 0.6 is 23.2 Å². The molecule has 5 heteroatoms. The Balaban J connectivity index is 1.84. The number of carbonyl (C=O) groups excluding carboxylic acids is 2. The summed E-state index contributed by atoms with van der Waals surface area (Å²) in [6.07, 6.45) is 3.18. The molecule has 1 aliphatic heterocycles. The molecular formula is C23H21Cl2NO2. The van der Waals surface area contributed by atoms with E-state index in [9.17, 15) is 9.59 Å². The highest BCUT2D eigenvalue weighted by molar-refractivity contribution is 6.37. The van der Waals surface area contributed by atoms with E-state index in [0.29, 0.717) is 28.6 Å². The molecule has 2 aliphatic rings. The van der Waals surface area contributed by atoms with Crippen LogP contribution in [0.25, 0.3) is 0 Å². The lowest BCUT2D eigenvalue weighted by Crippen LogP contribution is -2.40. The molecule has 1 heterocycles. The van der Waals surface area contributed by atoms with Crippen molar-refractivity contribution in [3.63, 3.8) is 0 Å². The molecule has 28 heavy (non-hydrogen) atoms. The lowest BCUT2D eigenvalue weighted by molar-refractivity contribution is -0.119. The highest BCUT2D eigenvalue weighted by Crippen LogP contribution is 2.45. The van der Waals surface area contributed by atoms with Gasteiger partial charge in [0.25, 0.3) is 0 Å². The summed E-state index contributed by atoms with van der Waals surface area (Å²) >= 11 is 12.4. The topological polar surface area (TPSA) is 37.4 Å². The summed E-state index contributed by atoms with van der Waals surface area (Å²) in [5.41, 5.74) is 4.42. The smallest absolute Gasteiger partial charge is 0.232 e. The molecule has 0 radical (unpaired) electrons. The Hall–Kier alpha value is -2.10. The summed E-state index contributed by atoms with van der Waals surface area (Å²) in [4.78, 5) is 27.7. The molecular weight excluding hydrogens is 393 g/mol. The summed E-state index contributed by atoms with van der Waals surface area (Å²) in [5.74, 6) is -0.0980. The van der Waals surface area contributed by atoms with Crippen molar-refractivity contribution in [1.82, 2.24) is 0 Å². The van der Waals surface area contributed by atoms with Crippen molar-refractivity contribution in [3.05, 3.63) is 74.9 Å². The van der Waals surface area contributed by atoms with Gasteiger partial charge < -0.3 is 0 Å². The average molecular weight is 414 g/mol. The predicted octanol–water partition coefficient (Wildman–Crippen LogP) is 6.08. The number of ketones is 1. The summed E-state index contributed by atoms with van der Waals surface area (Å²) in [6.45, 7) is 2.11. The minimum atomic E-state index is -0.191. The van der Waals surface area contributed by atoms with E-state index in [-0.39, 0.29) is 24.0 Å². The monoisotopic (exact) mass is 413 g/mol. The minimum Gasteiger partial charge on any atom is -0.294 e. The maximum Gasteiger partial charge on any atom is 0.232 e. The van der Waals surface area contributed by atoms with Crippen molar-refractivity contribution in [1.29, 1.82) is 0 Å². The first-order chi connectivity index (χ1) is 13.5. The molecule has 0 bridgehead atoms. The maximum atomic E-state index is 13.2. The Morgan fingerprint density at radius 1 is 1.04 bits per heavy atom. The molecule has 0 saturated carbocycles. The largest absolute Gasteiger partial charge is 0.294 e. The van der Waals surface area contributed by atoms with Crippen molar-refractivity contribution in [3.8, 4) is 0 Å². The third kappa shape index (κ3) is 3.38. The van der Waals surface area contributed by atoms with Gasteiger partial charge in [0, 0.05) is 35.1 Å². The molecule has 3 nitrogen and oxygen atoms in total. The molecule has 0 saturated heterocycles. The number of carbonyl (C=O) groups is 2. The average Bonchev–Trinajstić information content (AvgIpc) is 2.68. The summed E-state index contributed by atoms with van der Waals surface area (Å²) in [5, 5.41) is 0.928. The van der Waals surface area contributed by atoms with Gasteiger partial charge in [-0.2, -0.15) is 0 Å². The highest BCUT2D eigenvalue weighted by atomic mass is 35.5. The van der Waals surface area contributed by atoms with E-state index >= 15 is 0 Å². The van der Waals surface area contributed by atoms with Gasteiger partial charge in [0.15, 0.2) is 5.78 Å². The second-order valence-corrected chi connectivity index (χ2v) is 8.16. The second-order valence-electron chi connectivity index (χ2n) is 7.31. The number of anilines is 1. The zero-order chi connectivity index (χ0) is 19.8. The number of allylic oxidation sites excluding steroid dienone is 2. The van der Waals surface area contributed by atoms with Crippen LogP contribution in [0.2, 0.25) is 10.0 Å². The van der Waals surface area contributed by atoms with E-state index in [0.717, 1.165) is 29.7 Å². The van der Waals surface area contributed by atoms with Gasteiger partial charge >= 0.3 is 0 Å². The van der Waals surface area contributed by atoms with Gasteiger partial charge in [-0.25, -0.2) is 0 Å². The van der Waals surface area contributed by atoms with Crippen molar-refractivity contribution in [2.45, 2.75) is 44.9 Å². The van der Waals surface area contributed by atoms with Crippen molar-refractivity contribution < 1.29 is 9.59 Å². The SMILES string of the molecule is CCc1ccc(C2CC(=O)N(c3ccc(Cl)cc3Cl)C3=C2C(=O)CCC3)cc1. The van der Waals surface area contributed by atoms with Gasteiger partial charge in [0.2, 0.25) is 5.91 Å². The van der Waals surface area contributed by atoms with Crippen LogP contribution in [0.1, 0.15) is 49.7 Å². The van der Waals surface area contributed by atoms with Crippen LogP contribution in [0.5, 0.6) is 0 Å². The number of halogens is 2. The third-order valence-electron chi connectivity index (χ3n) is 5.62. The van der Waals surface area contributed by atoms with E-state index in [2.05, 4.69) is 19.1 Å². The van der Waals surface area contributed by atoms with Gasteiger partial charge in [-0.1, -0.05) is 54.4 Å². The molecule has 1 aliphatic carbocycles. The second kappa shape index (κ2) is 7.73. The quantitative estimate of drug-likeness (QED) is 0.610. The number of benzene rings is 2. The lowest BCUT2D eigenvalue weighted by Gasteiger charge is -2.38. The number of amides is 1. The molecule has 1 unspecified atom stereocenters. The van der Waals surface area contributed by atoms with Crippen LogP contribution in [0.15, 0.2) is 53.7 Å². The molecule has 0 aromatic heterocycles. The van der Waals surface area contributed by atoms with E-state index < -0.39 is 0 Å². The summed E-state index contributed by atoms with van der Waals surface area (Å²) in [6, 6.07) is 13.4. The Labute approximate surface area is 174 Å². The first kappa shape index (κ1) is 19.2. The van der Waals surface area contributed by atoms with Gasteiger partial charge in [-0.15, -0.1) is 0 Å². The molecule has 0 fully saturated rings. The van der Waals surface area contributed by atoms with Gasteiger partial charge in [-0.05, 0) is 48.6 Å². The molecule has 144 valence electrons. The van der Waals surface area contributed by atoms with Crippen LogP contribution in [0.3, 0.4) is 0 Å². The third-order valence-corrected chi connectivity index (χ3v) is 6.15. The lowest BCUT2D eigenvalue weighted by atomic mass is 9.77. The molecule has 1 atom stereocenters. The number of rotatable bonds is 3. The molecule has 0 N–H and O–H groups in total. The minimum absolute atomic E-state index is 0.0396. The fourth-order valence-corrected chi connectivity index (χ4v) is 4.70. The predicted molar refractivity (Wildman–Crippen MR) is 113 cm³/mol. The molecule has 2 aromatic rings. The summed E-state index contributed by atoms with van der Waals surface area (Å²) in [7, 11) is 0. The van der Waals surface area contributed by atoms with E-state index in [1.165, 1.54) is 5.56 Å². The summed E-state index contributed by atoms with van der Waals surface area (Å²) < 4.78 is 0. The van der Waals surface area contributed by atoms with Gasteiger partial charge in [0.05, 0.1) is 10.7 Å². The van der Waals surface area contributed by atoms with E-state index in [1.807, 2.05) is 12.1 Å². The molecule has 0 spiro atoms. The Kier molecular flexibility index (Phi) is 5.31. The van der Waals surface area contributed by atoms with E-state index in [4.69, 9.17) is 23.2 Å². The maximum absolute atomic E-state index is 13.2. The van der Waals surface area contributed by atoms with Crippen LogP contribution in [-0.4, -0.2) is 11.7 Å². The normalized spacial score (nSPS) is 19.8. The highest BCUT2D eigenvalue weighted by Gasteiger charge is 2.40. The Bertz CT molecular complexity index is 979. The molecule has 2 aromatic carbocycles.